The van der Waals surface area contributed by atoms with Crippen LogP contribution in [0.1, 0.15) is 12.5 Å². The van der Waals surface area contributed by atoms with E-state index >= 15 is 0 Å². The zero-order valence-corrected chi connectivity index (χ0v) is 12.0. The maximum absolute atomic E-state index is 12.3. The van der Waals surface area contributed by atoms with Crippen molar-refractivity contribution in [1.29, 1.82) is 0 Å². The van der Waals surface area contributed by atoms with E-state index in [0.717, 1.165) is 17.7 Å². The van der Waals surface area contributed by atoms with Crippen molar-refractivity contribution >= 4 is 17.5 Å². The van der Waals surface area contributed by atoms with E-state index in [-0.39, 0.29) is 32.4 Å². The van der Waals surface area contributed by atoms with Crippen molar-refractivity contribution in [2.45, 2.75) is 19.4 Å². The van der Waals surface area contributed by atoms with E-state index in [4.69, 9.17) is 9.84 Å². The molecule has 0 fully saturated rings. The summed E-state index contributed by atoms with van der Waals surface area (Å²) >= 11 is 0. The first kappa shape index (κ1) is 15.5. The van der Waals surface area contributed by atoms with Crippen LogP contribution in [0, 0.1) is 0 Å². The molecule has 0 saturated carbocycles. The molecule has 0 spiro atoms. The topological polar surface area (TPSA) is 78.9 Å². The van der Waals surface area contributed by atoms with Crippen LogP contribution in [-0.2, 0) is 20.7 Å². The summed E-state index contributed by atoms with van der Waals surface area (Å²) in [5.74, 6) is -1.18. The Morgan fingerprint density at radius 1 is 1.38 bits per heavy atom. The van der Waals surface area contributed by atoms with E-state index < -0.39 is 11.8 Å². The Hall–Kier alpha value is -1.92. The lowest BCUT2D eigenvalue weighted by atomic mass is 10.1. The van der Waals surface area contributed by atoms with E-state index in [0.29, 0.717) is 0 Å². The summed E-state index contributed by atoms with van der Waals surface area (Å²) < 4.78 is 5.03. The molecule has 0 saturated heterocycles. The van der Waals surface area contributed by atoms with Crippen LogP contribution in [0.2, 0.25) is 0 Å². The number of carbonyl (C=O) groups is 2. The number of ether oxygens (including phenoxy) is 1. The zero-order valence-electron chi connectivity index (χ0n) is 12.0. The largest absolute Gasteiger partial charge is 0.394 e. The van der Waals surface area contributed by atoms with E-state index in [1.807, 2.05) is 31.2 Å². The van der Waals surface area contributed by atoms with Crippen molar-refractivity contribution in [1.82, 2.24) is 5.32 Å². The maximum atomic E-state index is 12.3. The number of aliphatic hydroxyl groups is 1. The van der Waals surface area contributed by atoms with Crippen LogP contribution in [0.5, 0.6) is 0 Å². The van der Waals surface area contributed by atoms with Gasteiger partial charge < -0.3 is 20.1 Å². The maximum Gasteiger partial charge on any atom is 0.316 e. The third-order valence-corrected chi connectivity index (χ3v) is 3.39. The van der Waals surface area contributed by atoms with Crippen molar-refractivity contribution in [3.8, 4) is 0 Å². The van der Waals surface area contributed by atoms with Gasteiger partial charge in [0.2, 0.25) is 0 Å². The molecule has 6 heteroatoms. The molecular formula is C15H20N2O4. The van der Waals surface area contributed by atoms with Crippen LogP contribution >= 0.6 is 0 Å². The Balaban J connectivity index is 1.92. The van der Waals surface area contributed by atoms with Gasteiger partial charge in [-0.25, -0.2) is 0 Å². The number of amides is 2. The number of hydrogen-bond donors (Lipinski definition) is 2. The van der Waals surface area contributed by atoms with Gasteiger partial charge in [-0.3, -0.25) is 9.59 Å². The van der Waals surface area contributed by atoms with Crippen molar-refractivity contribution in [3.63, 3.8) is 0 Å². The Morgan fingerprint density at radius 2 is 2.14 bits per heavy atom. The molecule has 2 amide bonds. The van der Waals surface area contributed by atoms with Crippen molar-refractivity contribution < 1.29 is 19.4 Å². The van der Waals surface area contributed by atoms with Crippen molar-refractivity contribution in [2.24, 2.45) is 0 Å². The molecule has 21 heavy (non-hydrogen) atoms. The fourth-order valence-corrected chi connectivity index (χ4v) is 2.46. The van der Waals surface area contributed by atoms with Crippen molar-refractivity contribution in [3.05, 3.63) is 29.8 Å². The van der Waals surface area contributed by atoms with Crippen LogP contribution in [-0.4, -0.2) is 49.3 Å². The molecule has 1 heterocycles. The Labute approximate surface area is 123 Å². The van der Waals surface area contributed by atoms with Gasteiger partial charge in [-0.2, -0.15) is 0 Å². The predicted molar refractivity (Wildman–Crippen MR) is 78.0 cm³/mol. The molecule has 114 valence electrons. The van der Waals surface area contributed by atoms with Crippen LogP contribution in [0.3, 0.4) is 0 Å². The molecule has 1 aromatic rings. The first-order chi connectivity index (χ1) is 10.1. The smallest absolute Gasteiger partial charge is 0.316 e. The molecule has 2 rings (SSSR count). The average Bonchev–Trinajstić information content (AvgIpc) is 2.81. The van der Waals surface area contributed by atoms with Gasteiger partial charge in [0, 0.05) is 18.3 Å². The SMILES string of the molecule is CC1Cc2ccccc2N1C(=O)C(=O)NCCOCCO. The molecule has 6 nitrogen and oxygen atoms in total. The molecule has 2 N–H and O–H groups in total. The molecule has 0 aromatic heterocycles. The van der Waals surface area contributed by atoms with Gasteiger partial charge in [0.1, 0.15) is 0 Å². The third-order valence-electron chi connectivity index (χ3n) is 3.39. The first-order valence-corrected chi connectivity index (χ1v) is 7.03. The number of hydrogen-bond acceptors (Lipinski definition) is 4. The molecule has 1 aromatic carbocycles. The monoisotopic (exact) mass is 292 g/mol. The second kappa shape index (κ2) is 7.19. The number of nitrogens with zero attached hydrogens (tertiary/aromatic N) is 1. The molecule has 0 radical (unpaired) electrons. The highest BCUT2D eigenvalue weighted by atomic mass is 16.5. The van der Waals surface area contributed by atoms with Crippen molar-refractivity contribution in [2.75, 3.05) is 31.3 Å². The second-order valence-electron chi connectivity index (χ2n) is 4.95. The lowest BCUT2D eigenvalue weighted by Crippen LogP contribution is -2.46. The van der Waals surface area contributed by atoms with Gasteiger partial charge in [-0.05, 0) is 25.0 Å². The summed E-state index contributed by atoms with van der Waals surface area (Å²) in [4.78, 5) is 25.7. The summed E-state index contributed by atoms with van der Waals surface area (Å²) in [5.41, 5.74) is 1.89. The molecule has 1 aliphatic rings. The summed E-state index contributed by atoms with van der Waals surface area (Å²) in [7, 11) is 0. The van der Waals surface area contributed by atoms with Gasteiger partial charge >= 0.3 is 11.8 Å². The zero-order chi connectivity index (χ0) is 15.2. The number of rotatable bonds is 5. The van der Waals surface area contributed by atoms with Gasteiger partial charge in [-0.15, -0.1) is 0 Å². The van der Waals surface area contributed by atoms with Gasteiger partial charge in [0.15, 0.2) is 0 Å². The molecule has 1 aliphatic heterocycles. The highest BCUT2D eigenvalue weighted by molar-refractivity contribution is 6.40. The number of anilines is 1. The highest BCUT2D eigenvalue weighted by Gasteiger charge is 2.33. The Kier molecular flexibility index (Phi) is 5.30. The van der Waals surface area contributed by atoms with E-state index in [9.17, 15) is 9.59 Å². The highest BCUT2D eigenvalue weighted by Crippen LogP contribution is 2.31. The first-order valence-electron chi connectivity index (χ1n) is 7.03. The number of benzene rings is 1. The number of para-hydroxylation sites is 1. The molecule has 0 aliphatic carbocycles. The Morgan fingerprint density at radius 3 is 2.90 bits per heavy atom. The summed E-state index contributed by atoms with van der Waals surface area (Å²) in [6, 6.07) is 7.59. The van der Waals surface area contributed by atoms with Crippen LogP contribution in [0.25, 0.3) is 0 Å². The minimum absolute atomic E-state index is 0.0220. The number of nitrogens with one attached hydrogen (secondary N) is 1. The summed E-state index contributed by atoms with van der Waals surface area (Å²) in [6.45, 7) is 2.60. The number of fused-ring (bicyclic) bond motifs is 1. The summed E-state index contributed by atoms with van der Waals surface area (Å²) in [5, 5.41) is 11.1. The van der Waals surface area contributed by atoms with Gasteiger partial charge in [0.05, 0.1) is 19.8 Å². The van der Waals surface area contributed by atoms with Crippen LogP contribution in [0.15, 0.2) is 24.3 Å². The summed E-state index contributed by atoms with van der Waals surface area (Å²) in [6.07, 6.45) is 0.759. The predicted octanol–water partition coefficient (Wildman–Crippen LogP) is 0.0893. The standard InChI is InChI=1S/C15H20N2O4/c1-11-10-12-4-2-3-5-13(12)17(11)15(20)14(19)16-6-8-21-9-7-18/h2-5,11,18H,6-10H2,1H3,(H,16,19). The van der Waals surface area contributed by atoms with Gasteiger partial charge in [-0.1, -0.05) is 18.2 Å². The minimum atomic E-state index is -0.633. The van der Waals surface area contributed by atoms with Gasteiger partial charge in [0.25, 0.3) is 0 Å². The normalized spacial score (nSPS) is 16.7. The van der Waals surface area contributed by atoms with Crippen LogP contribution in [0.4, 0.5) is 5.69 Å². The number of carbonyl (C=O) groups excluding carboxylic acids is 2. The molecule has 1 unspecified atom stereocenters. The average molecular weight is 292 g/mol. The Bertz CT molecular complexity index is 518. The lowest BCUT2D eigenvalue weighted by molar-refractivity contribution is -0.137. The van der Waals surface area contributed by atoms with Crippen LogP contribution < -0.4 is 10.2 Å². The van der Waals surface area contributed by atoms with E-state index in [2.05, 4.69) is 5.32 Å². The lowest BCUT2D eigenvalue weighted by Gasteiger charge is -2.21. The number of aliphatic hydroxyl groups excluding tert-OH is 1. The third kappa shape index (κ3) is 3.59. The quantitative estimate of drug-likeness (QED) is 0.595. The fraction of sp³-hybridized carbons (Fsp3) is 0.467. The minimum Gasteiger partial charge on any atom is -0.394 e. The van der Waals surface area contributed by atoms with E-state index in [1.54, 1.807) is 4.90 Å². The second-order valence-corrected chi connectivity index (χ2v) is 4.95. The van der Waals surface area contributed by atoms with E-state index in [1.165, 1.54) is 0 Å². The molecular weight excluding hydrogens is 272 g/mol. The molecule has 0 bridgehead atoms. The fourth-order valence-electron chi connectivity index (χ4n) is 2.46. The molecule has 1 atom stereocenters.